The lowest BCUT2D eigenvalue weighted by Gasteiger charge is -2.04. The molecule has 0 saturated carbocycles. The molecule has 0 radical (unpaired) electrons. The lowest BCUT2D eigenvalue weighted by Crippen LogP contribution is -1.97. The van der Waals surface area contributed by atoms with E-state index in [2.05, 4.69) is 0 Å². The fraction of sp³-hybridized carbons (Fsp3) is 0.0769. The first-order chi connectivity index (χ1) is 7.79. The highest BCUT2D eigenvalue weighted by Gasteiger charge is 2.29. The fourth-order valence-corrected chi connectivity index (χ4v) is 3.26. The largest absolute Gasteiger partial charge is 0.231 e. The SMILES string of the molecule is O=[SH](=O)C1c2ccccc2-c2ccccc21. The molecule has 2 nitrogen and oxygen atoms in total. The maximum atomic E-state index is 11.4. The first-order valence-corrected chi connectivity index (χ1v) is 6.35. The van der Waals surface area contributed by atoms with Crippen LogP contribution in [0.1, 0.15) is 16.4 Å². The molecule has 2 aromatic carbocycles. The molecule has 0 N–H and O–H groups in total. The highest BCUT2D eigenvalue weighted by atomic mass is 32.2. The second-order valence-electron chi connectivity index (χ2n) is 3.86. The number of thiol groups is 1. The Morgan fingerprint density at radius 1 is 0.750 bits per heavy atom. The van der Waals surface area contributed by atoms with Gasteiger partial charge in [0.15, 0.2) is 10.7 Å². The Labute approximate surface area is 95.5 Å². The molecule has 80 valence electrons. The van der Waals surface area contributed by atoms with Crippen molar-refractivity contribution in [3.05, 3.63) is 59.7 Å². The molecule has 0 spiro atoms. The summed E-state index contributed by atoms with van der Waals surface area (Å²) in [5.41, 5.74) is 3.89. The molecule has 0 aliphatic heterocycles. The van der Waals surface area contributed by atoms with Crippen LogP contribution in [0.3, 0.4) is 0 Å². The molecule has 16 heavy (non-hydrogen) atoms. The molecule has 0 fully saturated rings. The van der Waals surface area contributed by atoms with Crippen LogP contribution in [0.15, 0.2) is 48.5 Å². The number of hydrogen-bond donors (Lipinski definition) is 1. The van der Waals surface area contributed by atoms with Crippen LogP contribution in [0, 0.1) is 0 Å². The monoisotopic (exact) mass is 230 g/mol. The smallest absolute Gasteiger partial charge is 0.151 e. The van der Waals surface area contributed by atoms with Gasteiger partial charge in [0.05, 0.1) is 0 Å². The van der Waals surface area contributed by atoms with Gasteiger partial charge in [-0.15, -0.1) is 0 Å². The first-order valence-electron chi connectivity index (χ1n) is 5.11. The van der Waals surface area contributed by atoms with Gasteiger partial charge in [0.2, 0.25) is 0 Å². The predicted molar refractivity (Wildman–Crippen MR) is 64.0 cm³/mol. The molecular formula is C13H10O2S. The molecule has 0 bridgehead atoms. The summed E-state index contributed by atoms with van der Waals surface area (Å²) in [6.07, 6.45) is 0. The lowest BCUT2D eigenvalue weighted by atomic mass is 10.1. The van der Waals surface area contributed by atoms with Crippen molar-refractivity contribution in [2.75, 3.05) is 0 Å². The van der Waals surface area contributed by atoms with E-state index in [-0.39, 0.29) is 0 Å². The van der Waals surface area contributed by atoms with Crippen LogP contribution in [-0.4, -0.2) is 8.42 Å². The van der Waals surface area contributed by atoms with E-state index in [1.54, 1.807) is 0 Å². The Morgan fingerprint density at radius 3 is 1.62 bits per heavy atom. The van der Waals surface area contributed by atoms with Crippen molar-refractivity contribution >= 4 is 10.7 Å². The van der Waals surface area contributed by atoms with E-state index in [0.29, 0.717) is 0 Å². The van der Waals surface area contributed by atoms with Crippen LogP contribution in [0.2, 0.25) is 0 Å². The molecule has 0 atom stereocenters. The van der Waals surface area contributed by atoms with Gasteiger partial charge in [-0.3, -0.25) is 0 Å². The summed E-state index contributed by atoms with van der Waals surface area (Å²) in [5.74, 6) is 0. The van der Waals surface area contributed by atoms with Gasteiger partial charge in [-0.05, 0) is 22.3 Å². The quantitative estimate of drug-likeness (QED) is 0.763. The zero-order valence-corrected chi connectivity index (χ0v) is 9.35. The predicted octanol–water partition coefficient (Wildman–Crippen LogP) is 2.37. The second kappa shape index (κ2) is 3.46. The van der Waals surface area contributed by atoms with Crippen LogP contribution in [0.5, 0.6) is 0 Å². The van der Waals surface area contributed by atoms with Crippen molar-refractivity contribution in [1.29, 1.82) is 0 Å². The van der Waals surface area contributed by atoms with Crippen molar-refractivity contribution in [2.24, 2.45) is 0 Å². The van der Waals surface area contributed by atoms with E-state index < -0.39 is 16.0 Å². The molecule has 0 aromatic heterocycles. The summed E-state index contributed by atoms with van der Waals surface area (Å²) in [7, 11) is -2.47. The summed E-state index contributed by atoms with van der Waals surface area (Å²) < 4.78 is 22.7. The summed E-state index contributed by atoms with van der Waals surface area (Å²) >= 11 is 0. The summed E-state index contributed by atoms with van der Waals surface area (Å²) in [6.45, 7) is 0. The maximum Gasteiger partial charge on any atom is 0.151 e. The van der Waals surface area contributed by atoms with Gasteiger partial charge >= 0.3 is 0 Å². The van der Waals surface area contributed by atoms with Gasteiger partial charge < -0.3 is 0 Å². The molecule has 2 aromatic rings. The van der Waals surface area contributed by atoms with Gasteiger partial charge in [0, 0.05) is 0 Å². The minimum absolute atomic E-state index is 0.470. The third kappa shape index (κ3) is 1.21. The molecule has 1 aliphatic rings. The van der Waals surface area contributed by atoms with Crippen molar-refractivity contribution in [3.8, 4) is 11.1 Å². The summed E-state index contributed by atoms with van der Waals surface area (Å²) in [5, 5.41) is -0.470. The van der Waals surface area contributed by atoms with Crippen LogP contribution in [-0.2, 0) is 10.7 Å². The zero-order chi connectivity index (χ0) is 11.1. The van der Waals surface area contributed by atoms with Crippen LogP contribution >= 0.6 is 0 Å². The van der Waals surface area contributed by atoms with Crippen molar-refractivity contribution in [2.45, 2.75) is 5.25 Å². The van der Waals surface area contributed by atoms with E-state index >= 15 is 0 Å². The molecule has 3 rings (SSSR count). The zero-order valence-electron chi connectivity index (χ0n) is 8.46. The highest BCUT2D eigenvalue weighted by Crippen LogP contribution is 2.44. The molecule has 0 heterocycles. The first kappa shape index (κ1) is 9.60. The van der Waals surface area contributed by atoms with Crippen molar-refractivity contribution < 1.29 is 8.42 Å². The van der Waals surface area contributed by atoms with E-state index in [4.69, 9.17) is 0 Å². The fourth-order valence-electron chi connectivity index (χ4n) is 2.36. The van der Waals surface area contributed by atoms with Crippen LogP contribution < -0.4 is 0 Å². The number of rotatable bonds is 1. The number of fused-ring (bicyclic) bond motifs is 3. The van der Waals surface area contributed by atoms with Gasteiger partial charge in [-0.25, -0.2) is 8.42 Å². The molecule has 1 aliphatic carbocycles. The third-order valence-corrected chi connectivity index (χ3v) is 3.99. The number of benzene rings is 2. The van der Waals surface area contributed by atoms with Gasteiger partial charge in [0.1, 0.15) is 5.25 Å². The Hall–Kier alpha value is -1.61. The lowest BCUT2D eigenvalue weighted by molar-refractivity contribution is 0.609. The average molecular weight is 230 g/mol. The standard InChI is InChI=1S/C13H10O2S/c14-16(15)13-11-7-3-1-5-9(11)10-6-2-4-8-12(10)13/h1-8,13,16H. The van der Waals surface area contributed by atoms with E-state index in [1.807, 2.05) is 48.5 Å². The van der Waals surface area contributed by atoms with Crippen molar-refractivity contribution in [1.82, 2.24) is 0 Å². The Kier molecular flexibility index (Phi) is 2.07. The van der Waals surface area contributed by atoms with Crippen molar-refractivity contribution in [3.63, 3.8) is 0 Å². The topological polar surface area (TPSA) is 34.1 Å². The minimum Gasteiger partial charge on any atom is -0.231 e. The molecule has 3 heteroatoms. The van der Waals surface area contributed by atoms with Crippen LogP contribution in [0.4, 0.5) is 0 Å². The third-order valence-electron chi connectivity index (χ3n) is 3.01. The van der Waals surface area contributed by atoms with E-state index in [1.165, 1.54) is 0 Å². The molecule has 0 unspecified atom stereocenters. The average Bonchev–Trinajstić information content (AvgIpc) is 2.63. The van der Waals surface area contributed by atoms with Gasteiger partial charge in [0.25, 0.3) is 0 Å². The molecule has 0 amide bonds. The normalized spacial score (nSPS) is 13.8. The van der Waals surface area contributed by atoms with Gasteiger partial charge in [-0.1, -0.05) is 48.5 Å². The van der Waals surface area contributed by atoms with E-state index in [0.717, 1.165) is 22.3 Å². The van der Waals surface area contributed by atoms with Crippen LogP contribution in [0.25, 0.3) is 11.1 Å². The van der Waals surface area contributed by atoms with Gasteiger partial charge in [-0.2, -0.15) is 0 Å². The Balaban J connectivity index is 2.38. The summed E-state index contributed by atoms with van der Waals surface area (Å²) in [6, 6.07) is 15.4. The van der Waals surface area contributed by atoms with E-state index in [9.17, 15) is 8.42 Å². The maximum absolute atomic E-state index is 11.4. The molecular weight excluding hydrogens is 220 g/mol. The Bertz CT molecular complexity index is 576. The molecule has 0 saturated heterocycles. The Morgan fingerprint density at radius 2 is 1.19 bits per heavy atom. The second-order valence-corrected chi connectivity index (χ2v) is 4.95. The summed E-state index contributed by atoms with van der Waals surface area (Å²) in [4.78, 5) is 0. The minimum atomic E-state index is -2.47. The number of hydrogen-bond acceptors (Lipinski definition) is 2. The highest BCUT2D eigenvalue weighted by molar-refractivity contribution is 7.73.